The van der Waals surface area contributed by atoms with Gasteiger partial charge < -0.3 is 37.4 Å². The molecule has 2 aromatic carbocycles. The van der Waals surface area contributed by atoms with Gasteiger partial charge in [0.1, 0.15) is 12.5 Å². The van der Waals surface area contributed by atoms with Crippen LogP contribution in [0.1, 0.15) is 51.7 Å². The van der Waals surface area contributed by atoms with Crippen LogP contribution >= 0.6 is 0 Å². The number of nitrogens with two attached hydrogens (primary N) is 2. The highest BCUT2D eigenvalue weighted by atomic mass is 16.3. The normalized spacial score (nSPS) is 17.0. The third-order valence-corrected chi connectivity index (χ3v) is 7.35. The van der Waals surface area contributed by atoms with Crippen LogP contribution < -0.4 is 22.1 Å². The van der Waals surface area contributed by atoms with Gasteiger partial charge in [-0.2, -0.15) is 0 Å². The molecule has 222 valence electrons. The van der Waals surface area contributed by atoms with Crippen LogP contribution in [0.4, 0.5) is 0 Å². The molecule has 2 rings (SSSR count). The largest absolute Gasteiger partial charge is 0.393 e. The van der Waals surface area contributed by atoms with E-state index >= 15 is 0 Å². The first-order valence-corrected chi connectivity index (χ1v) is 14.1. The lowest BCUT2D eigenvalue weighted by Gasteiger charge is -2.28. The second-order valence-electron chi connectivity index (χ2n) is 11.4. The van der Waals surface area contributed by atoms with E-state index in [-0.39, 0.29) is 24.7 Å². The number of nitrogens with one attached hydrogen (secondary N) is 2. The molecular formula is C31H48N4O5. The molecule has 0 bridgehead atoms. The Bertz CT molecular complexity index is 939. The number of aliphatic hydroxyl groups is 3. The number of amides is 2. The molecule has 0 spiro atoms. The maximum Gasteiger partial charge on any atom is 0.225 e. The minimum Gasteiger partial charge on any atom is -0.393 e. The van der Waals surface area contributed by atoms with E-state index in [9.17, 15) is 24.9 Å². The molecule has 0 heterocycles. The predicted molar refractivity (Wildman–Crippen MR) is 156 cm³/mol. The minimum atomic E-state index is -1.23. The number of carbonyl (C=O) groups is 2. The van der Waals surface area contributed by atoms with Gasteiger partial charge in [-0.1, -0.05) is 88.4 Å². The van der Waals surface area contributed by atoms with Crippen LogP contribution in [0, 0.1) is 23.7 Å². The topological polar surface area (TPSA) is 171 Å². The van der Waals surface area contributed by atoms with Crippen molar-refractivity contribution in [3.8, 4) is 0 Å². The zero-order valence-electron chi connectivity index (χ0n) is 24.1. The Morgan fingerprint density at radius 1 is 0.650 bits per heavy atom. The molecule has 40 heavy (non-hydrogen) atoms. The summed E-state index contributed by atoms with van der Waals surface area (Å²) >= 11 is 0. The molecule has 6 atom stereocenters. The molecule has 0 aromatic heterocycles. The first kappa shape index (κ1) is 33.4. The van der Waals surface area contributed by atoms with Gasteiger partial charge >= 0.3 is 0 Å². The van der Waals surface area contributed by atoms with E-state index in [1.54, 1.807) is 0 Å². The van der Waals surface area contributed by atoms with Gasteiger partial charge in [-0.05, 0) is 48.6 Å². The molecule has 9 N–H and O–H groups in total. The third-order valence-electron chi connectivity index (χ3n) is 7.35. The average Bonchev–Trinajstić information content (AvgIpc) is 2.92. The SMILES string of the molecule is CC(C)[C@H](N)C(O)NC(=O)C(Cc1ccccc1)CC(O)CC(Cc1ccccc1)C(=O)NC(O)[C@@H](N)C(C)C. The van der Waals surface area contributed by atoms with Gasteiger partial charge in [-0.15, -0.1) is 0 Å². The Hall–Kier alpha value is -2.82. The summed E-state index contributed by atoms with van der Waals surface area (Å²) < 4.78 is 0. The summed E-state index contributed by atoms with van der Waals surface area (Å²) in [5, 5.41) is 37.3. The van der Waals surface area contributed by atoms with Crippen molar-refractivity contribution in [3.05, 3.63) is 71.8 Å². The maximum atomic E-state index is 13.3. The van der Waals surface area contributed by atoms with E-state index < -0.39 is 54.3 Å². The number of aliphatic hydroxyl groups excluding tert-OH is 3. The van der Waals surface area contributed by atoms with Crippen molar-refractivity contribution < 1.29 is 24.9 Å². The fourth-order valence-electron chi connectivity index (χ4n) is 4.57. The summed E-state index contributed by atoms with van der Waals surface area (Å²) in [6, 6.07) is 17.5. The van der Waals surface area contributed by atoms with Crippen LogP contribution in [0.5, 0.6) is 0 Å². The van der Waals surface area contributed by atoms with Crippen molar-refractivity contribution in [1.82, 2.24) is 10.6 Å². The van der Waals surface area contributed by atoms with E-state index in [0.29, 0.717) is 12.8 Å². The van der Waals surface area contributed by atoms with Crippen LogP contribution in [0.15, 0.2) is 60.7 Å². The molecular weight excluding hydrogens is 508 g/mol. The van der Waals surface area contributed by atoms with E-state index in [1.807, 2.05) is 88.4 Å². The molecule has 0 saturated carbocycles. The standard InChI is InChI=1S/C31H48N4O5/c1-19(2)26(32)30(39)34-28(37)23(15-21-11-7-5-8-12-21)17-25(36)18-24(16-22-13-9-6-10-14-22)29(38)35-31(40)27(33)20(3)4/h5-14,19-20,23-27,30-31,36,39-40H,15-18,32-33H2,1-4H3,(H,34,37)(H,35,38)/t23?,24?,25?,26-,27-,30?,31?/m0/s1. The summed E-state index contributed by atoms with van der Waals surface area (Å²) in [5.74, 6) is -2.30. The monoisotopic (exact) mass is 556 g/mol. The first-order chi connectivity index (χ1) is 18.9. The molecule has 9 nitrogen and oxygen atoms in total. The molecule has 0 fully saturated rings. The second-order valence-corrected chi connectivity index (χ2v) is 11.4. The Morgan fingerprint density at radius 3 is 1.27 bits per heavy atom. The van der Waals surface area contributed by atoms with E-state index in [2.05, 4.69) is 10.6 Å². The Kier molecular flexibility index (Phi) is 13.7. The van der Waals surface area contributed by atoms with Crippen molar-refractivity contribution in [2.24, 2.45) is 35.1 Å². The van der Waals surface area contributed by atoms with Gasteiger partial charge in [0.15, 0.2) is 0 Å². The Balaban J connectivity index is 2.20. The van der Waals surface area contributed by atoms with Crippen LogP contribution in [0.3, 0.4) is 0 Å². The zero-order chi connectivity index (χ0) is 29.8. The van der Waals surface area contributed by atoms with Crippen molar-refractivity contribution in [3.63, 3.8) is 0 Å². The molecule has 9 heteroatoms. The molecule has 4 unspecified atom stereocenters. The van der Waals surface area contributed by atoms with Crippen molar-refractivity contribution >= 4 is 11.8 Å². The zero-order valence-corrected chi connectivity index (χ0v) is 24.1. The maximum absolute atomic E-state index is 13.3. The number of benzene rings is 2. The van der Waals surface area contributed by atoms with Gasteiger partial charge in [-0.3, -0.25) is 9.59 Å². The summed E-state index contributed by atoms with van der Waals surface area (Å²) in [7, 11) is 0. The summed E-state index contributed by atoms with van der Waals surface area (Å²) in [5.41, 5.74) is 13.9. The van der Waals surface area contributed by atoms with Crippen molar-refractivity contribution in [2.45, 2.75) is 84.0 Å². The van der Waals surface area contributed by atoms with E-state index in [4.69, 9.17) is 11.5 Å². The highest BCUT2D eigenvalue weighted by Gasteiger charge is 2.31. The van der Waals surface area contributed by atoms with Crippen LogP contribution in [-0.2, 0) is 22.4 Å². The van der Waals surface area contributed by atoms with Crippen molar-refractivity contribution in [1.29, 1.82) is 0 Å². The number of carbonyl (C=O) groups excluding carboxylic acids is 2. The molecule has 2 aromatic rings. The lowest BCUT2D eigenvalue weighted by atomic mass is 9.86. The predicted octanol–water partition coefficient (Wildman–Crippen LogP) is 1.68. The van der Waals surface area contributed by atoms with Gasteiger partial charge in [0.2, 0.25) is 11.8 Å². The minimum absolute atomic E-state index is 0.0510. The van der Waals surface area contributed by atoms with E-state index in [1.165, 1.54) is 0 Å². The quantitative estimate of drug-likeness (QED) is 0.154. The van der Waals surface area contributed by atoms with Gasteiger partial charge in [0.05, 0.1) is 18.2 Å². The van der Waals surface area contributed by atoms with Gasteiger partial charge in [-0.25, -0.2) is 0 Å². The van der Waals surface area contributed by atoms with Crippen molar-refractivity contribution in [2.75, 3.05) is 0 Å². The smallest absolute Gasteiger partial charge is 0.225 e. The average molecular weight is 557 g/mol. The van der Waals surface area contributed by atoms with Gasteiger partial charge in [0, 0.05) is 11.8 Å². The van der Waals surface area contributed by atoms with E-state index in [0.717, 1.165) is 11.1 Å². The Labute approximate surface area is 238 Å². The number of hydrogen-bond acceptors (Lipinski definition) is 7. The molecule has 0 aliphatic heterocycles. The number of hydrogen-bond donors (Lipinski definition) is 7. The highest BCUT2D eigenvalue weighted by molar-refractivity contribution is 5.80. The third kappa shape index (κ3) is 11.0. The molecule has 0 aliphatic carbocycles. The molecule has 0 saturated heterocycles. The second kappa shape index (κ2) is 16.4. The van der Waals surface area contributed by atoms with Crippen LogP contribution in [-0.4, -0.2) is 57.8 Å². The van der Waals surface area contributed by atoms with Crippen LogP contribution in [0.25, 0.3) is 0 Å². The summed E-state index contributed by atoms with van der Waals surface area (Å²) in [6.07, 6.45) is -2.66. The lowest BCUT2D eigenvalue weighted by Crippen LogP contribution is -2.52. The lowest BCUT2D eigenvalue weighted by molar-refractivity contribution is -0.130. The summed E-state index contributed by atoms with van der Waals surface area (Å²) in [4.78, 5) is 26.5. The molecule has 2 amide bonds. The first-order valence-electron chi connectivity index (χ1n) is 14.1. The molecule has 0 radical (unpaired) electrons. The van der Waals surface area contributed by atoms with Crippen LogP contribution in [0.2, 0.25) is 0 Å². The fraction of sp³-hybridized carbons (Fsp3) is 0.548. The Morgan fingerprint density at radius 2 is 0.975 bits per heavy atom. The van der Waals surface area contributed by atoms with Gasteiger partial charge in [0.25, 0.3) is 0 Å². The highest BCUT2D eigenvalue weighted by Crippen LogP contribution is 2.22. The number of rotatable bonds is 16. The summed E-state index contributed by atoms with van der Waals surface area (Å²) in [6.45, 7) is 7.42. The fourth-order valence-corrected chi connectivity index (χ4v) is 4.57. The molecule has 0 aliphatic rings.